The third kappa shape index (κ3) is 3.92. The second-order valence-electron chi connectivity index (χ2n) is 16.0. The van der Waals surface area contributed by atoms with Crippen molar-refractivity contribution < 1.29 is 58.2 Å². The van der Waals surface area contributed by atoms with Gasteiger partial charge >= 0.3 is 11.9 Å². The Morgan fingerprint density at radius 2 is 1.71 bits per heavy atom. The monoisotopic (exact) mass is 712 g/mol. The number of aliphatic hydroxyl groups is 3. The van der Waals surface area contributed by atoms with Gasteiger partial charge in [-0.1, -0.05) is 26.0 Å². The first-order valence-corrected chi connectivity index (χ1v) is 18.0. The number of anilines is 1. The summed E-state index contributed by atoms with van der Waals surface area (Å²) < 4.78 is 31.2. The van der Waals surface area contributed by atoms with Gasteiger partial charge in [-0.05, 0) is 37.9 Å². The molecule has 2 aliphatic heterocycles. The van der Waals surface area contributed by atoms with Gasteiger partial charge in [0, 0.05) is 65.4 Å². The van der Waals surface area contributed by atoms with E-state index >= 15 is 0 Å². The predicted octanol–water partition coefficient (Wildman–Crippen LogP) is 0.819. The first-order valence-electron chi connectivity index (χ1n) is 18.0. The standard InChI is InChI=1S/C37H48N2O12/c1-7-38-17-33(51-31(43)20-10-8-9-11-22(20)39-25(41)14-18(2)30(39)42)13-12-24(48-5)36-28(33)29(49-6)37(46,32(36)38)35(45)16-23(47-4)21-15-34(36,44)27(35)26(21)50-19(3)40/h8-11,18,21,23-24,26-29,32,44-46H,7,12-17H2,1-6H3. The largest absolute Gasteiger partial charge is 0.462 e. The highest BCUT2D eigenvalue weighted by molar-refractivity contribution is 6.22. The van der Waals surface area contributed by atoms with Gasteiger partial charge in [-0.3, -0.25) is 19.3 Å². The van der Waals surface area contributed by atoms with Gasteiger partial charge in [-0.15, -0.1) is 0 Å². The molecule has 2 saturated heterocycles. The van der Waals surface area contributed by atoms with Crippen LogP contribution in [0.4, 0.5) is 5.69 Å². The van der Waals surface area contributed by atoms with Crippen molar-refractivity contribution in [3.63, 3.8) is 0 Å². The van der Waals surface area contributed by atoms with Gasteiger partial charge in [0.2, 0.25) is 11.8 Å². The van der Waals surface area contributed by atoms with Crippen molar-refractivity contribution in [2.75, 3.05) is 39.3 Å². The van der Waals surface area contributed by atoms with Crippen LogP contribution in [0.5, 0.6) is 0 Å². The van der Waals surface area contributed by atoms with Crippen molar-refractivity contribution >= 4 is 29.4 Å². The first-order chi connectivity index (χ1) is 24.2. The third-order valence-electron chi connectivity index (χ3n) is 14.2. The van der Waals surface area contributed by atoms with E-state index in [9.17, 15) is 34.5 Å². The summed E-state index contributed by atoms with van der Waals surface area (Å²) in [6.45, 7) is 5.34. The van der Waals surface area contributed by atoms with Gasteiger partial charge in [0.1, 0.15) is 22.9 Å². The van der Waals surface area contributed by atoms with E-state index in [2.05, 4.69) is 0 Å². The zero-order chi connectivity index (χ0) is 36.6. The van der Waals surface area contributed by atoms with Crippen molar-refractivity contribution in [1.29, 1.82) is 0 Å². The lowest BCUT2D eigenvalue weighted by Crippen LogP contribution is -2.87. The lowest BCUT2D eigenvalue weighted by molar-refractivity contribution is -0.359. The van der Waals surface area contributed by atoms with Crippen LogP contribution in [0.1, 0.15) is 63.2 Å². The molecular weight excluding hydrogens is 664 g/mol. The molecule has 7 bridgehead atoms. The van der Waals surface area contributed by atoms with Gasteiger partial charge in [0.15, 0.2) is 0 Å². The fourth-order valence-electron chi connectivity index (χ4n) is 12.9. The maximum Gasteiger partial charge on any atom is 0.340 e. The van der Waals surface area contributed by atoms with Crippen LogP contribution in [0.3, 0.4) is 0 Å². The van der Waals surface area contributed by atoms with Crippen molar-refractivity contribution in [2.24, 2.45) is 29.1 Å². The average Bonchev–Trinajstić information content (AvgIpc) is 3.57. The summed E-state index contributed by atoms with van der Waals surface area (Å²) in [4.78, 5) is 56.3. The molecule has 1 spiro atoms. The number of likely N-dealkylation sites (tertiary alicyclic amines) is 1. The van der Waals surface area contributed by atoms with Crippen molar-refractivity contribution in [2.45, 2.75) is 106 Å². The number of amides is 2. The predicted molar refractivity (Wildman–Crippen MR) is 176 cm³/mol. The number of ether oxygens (including phenoxy) is 5. The molecule has 2 amide bonds. The van der Waals surface area contributed by atoms with Crippen molar-refractivity contribution in [3.8, 4) is 0 Å². The molecule has 278 valence electrons. The first kappa shape index (κ1) is 35.1. The number of hydrogen-bond donors (Lipinski definition) is 3. The zero-order valence-electron chi connectivity index (χ0n) is 29.9. The molecule has 2 heterocycles. The molecule has 14 atom stereocenters. The van der Waals surface area contributed by atoms with Crippen molar-refractivity contribution in [1.82, 2.24) is 4.90 Å². The van der Waals surface area contributed by atoms with E-state index in [4.69, 9.17) is 23.7 Å². The molecule has 3 N–H and O–H groups in total. The van der Waals surface area contributed by atoms with Crippen LogP contribution in [0.15, 0.2) is 24.3 Å². The second-order valence-corrected chi connectivity index (χ2v) is 16.0. The van der Waals surface area contributed by atoms with Crippen LogP contribution in [0.25, 0.3) is 0 Å². The summed E-state index contributed by atoms with van der Waals surface area (Å²) >= 11 is 0. The summed E-state index contributed by atoms with van der Waals surface area (Å²) in [5, 5.41) is 40.3. The van der Waals surface area contributed by atoms with E-state index < -0.39 is 106 Å². The molecule has 7 aliphatic rings. The average molecular weight is 713 g/mol. The molecule has 5 aliphatic carbocycles. The Labute approximate surface area is 296 Å². The highest BCUT2D eigenvalue weighted by Gasteiger charge is 2.96. The zero-order valence-corrected chi connectivity index (χ0v) is 29.9. The Morgan fingerprint density at radius 3 is 2.31 bits per heavy atom. The van der Waals surface area contributed by atoms with Crippen molar-refractivity contribution in [3.05, 3.63) is 29.8 Å². The van der Waals surface area contributed by atoms with E-state index in [0.717, 1.165) is 4.90 Å². The fourth-order valence-corrected chi connectivity index (χ4v) is 12.9. The minimum absolute atomic E-state index is 0.0254. The number of fused-ring (bicyclic) bond motifs is 2. The number of benzene rings is 1. The number of para-hydroxylation sites is 1. The van der Waals surface area contributed by atoms with Crippen LogP contribution >= 0.6 is 0 Å². The lowest BCUT2D eigenvalue weighted by Gasteiger charge is -2.71. The third-order valence-corrected chi connectivity index (χ3v) is 14.2. The number of esters is 2. The Kier molecular flexibility index (Phi) is 7.75. The number of hydrogen-bond acceptors (Lipinski definition) is 13. The normalized spacial score (nSPS) is 47.9. The smallest absolute Gasteiger partial charge is 0.340 e. The topological polar surface area (TPSA) is 182 Å². The highest BCUT2D eigenvalue weighted by atomic mass is 16.6. The molecule has 51 heavy (non-hydrogen) atoms. The number of piperidine rings is 1. The molecule has 14 unspecified atom stereocenters. The van der Waals surface area contributed by atoms with Crippen LogP contribution in [0, 0.1) is 29.1 Å². The number of likely N-dealkylation sites (N-methyl/N-ethyl adjacent to an activating group) is 1. The van der Waals surface area contributed by atoms with E-state index in [1.165, 1.54) is 27.2 Å². The summed E-state index contributed by atoms with van der Waals surface area (Å²) in [7, 11) is 4.49. The number of imide groups is 1. The Balaban J connectivity index is 1.33. The summed E-state index contributed by atoms with van der Waals surface area (Å²) in [6, 6.07) is 5.42. The van der Waals surface area contributed by atoms with Gasteiger partial charge in [0.25, 0.3) is 0 Å². The van der Waals surface area contributed by atoms with Gasteiger partial charge < -0.3 is 39.0 Å². The van der Waals surface area contributed by atoms with Gasteiger partial charge in [0.05, 0.1) is 52.5 Å². The van der Waals surface area contributed by atoms with E-state index in [1.807, 2.05) is 11.8 Å². The maximum absolute atomic E-state index is 14.6. The van der Waals surface area contributed by atoms with Gasteiger partial charge in [-0.25, -0.2) is 9.69 Å². The fraction of sp³-hybridized carbons (Fsp3) is 0.730. The Morgan fingerprint density at radius 1 is 0.980 bits per heavy atom. The minimum atomic E-state index is -2.08. The molecule has 7 fully saturated rings. The van der Waals surface area contributed by atoms with E-state index in [0.29, 0.717) is 13.0 Å². The Bertz CT molecular complexity index is 1690. The van der Waals surface area contributed by atoms with E-state index in [-0.39, 0.29) is 43.5 Å². The quantitative estimate of drug-likeness (QED) is 0.255. The molecule has 5 saturated carbocycles. The lowest BCUT2D eigenvalue weighted by atomic mass is 9.42. The second kappa shape index (κ2) is 11.3. The van der Waals surface area contributed by atoms with E-state index in [1.54, 1.807) is 32.2 Å². The molecule has 14 nitrogen and oxygen atoms in total. The summed E-state index contributed by atoms with van der Waals surface area (Å²) in [5.74, 6) is -5.28. The molecular formula is C37H48N2O12. The summed E-state index contributed by atoms with van der Waals surface area (Å²) in [6.07, 6.45) is -2.91. The number of carbonyl (C=O) groups excluding carboxylic acids is 4. The molecule has 1 aromatic carbocycles. The number of rotatable bonds is 8. The number of methoxy groups -OCH3 is 3. The molecule has 0 aromatic heterocycles. The Hall–Kier alpha value is -2.98. The number of carbonyl (C=O) groups is 4. The SMILES string of the molecule is CCN1CC2(OC(=O)c3ccccc3N3C(=O)CC(C)C3=O)CCC(OC)C34C2C(OC)C(O)(C13)C1(O)CC(OC)C2CC4(O)C1C2OC(C)=O. The van der Waals surface area contributed by atoms with Crippen LogP contribution < -0.4 is 4.90 Å². The molecule has 1 aromatic rings. The van der Waals surface area contributed by atoms with Crippen LogP contribution in [0.2, 0.25) is 0 Å². The molecule has 14 heteroatoms. The van der Waals surface area contributed by atoms with Crippen LogP contribution in [-0.4, -0.2) is 131 Å². The molecule has 0 radical (unpaired) electrons. The molecule has 8 rings (SSSR count). The minimum Gasteiger partial charge on any atom is -0.462 e. The maximum atomic E-state index is 14.6. The highest BCUT2D eigenvalue weighted by Crippen LogP contribution is 2.81. The van der Waals surface area contributed by atoms with Gasteiger partial charge in [-0.2, -0.15) is 0 Å². The summed E-state index contributed by atoms with van der Waals surface area (Å²) in [5.41, 5.74) is -8.61. The van der Waals surface area contributed by atoms with Crippen LogP contribution in [-0.2, 0) is 38.1 Å². The number of nitrogens with zero attached hydrogens (tertiary/aromatic N) is 2.